The van der Waals surface area contributed by atoms with Gasteiger partial charge in [0.05, 0.1) is 21.8 Å². The van der Waals surface area contributed by atoms with Crippen LogP contribution < -0.4 is 5.73 Å². The van der Waals surface area contributed by atoms with Crippen LogP contribution in [-0.4, -0.2) is 63.7 Å². The molecule has 1 saturated heterocycles. The number of benzene rings is 2. The summed E-state index contributed by atoms with van der Waals surface area (Å²) in [5.41, 5.74) is 2.90. The molecular formula is C26H22F3N5O5S. The van der Waals surface area contributed by atoms with E-state index in [1.165, 1.54) is 27.9 Å². The average molecular weight is 574 g/mol. The van der Waals surface area contributed by atoms with E-state index in [-0.39, 0.29) is 12.1 Å². The molecule has 3 N–H and O–H groups in total. The lowest BCUT2D eigenvalue weighted by molar-refractivity contribution is -0.143. The molecule has 3 aromatic rings. The summed E-state index contributed by atoms with van der Waals surface area (Å²) in [6.07, 6.45) is -2.81. The van der Waals surface area contributed by atoms with Gasteiger partial charge in [0.2, 0.25) is 5.91 Å². The standard InChI is InChI=1S/C26H22F3N5O5S/c27-26(28,29)18-10-16(33-9-8-32-22(33)15-4-2-1-3-5-15)6-7-20(18)40(38,39)17-11-19(23(35)36)34(13-17)21-12-25(21,14-30)24(31)37/h1-10,17,19,21H,11-13H2,(H2,31,37)(H,35,36)/t17-,19+,21?,25?/m1/s1. The maximum Gasteiger partial charge on any atom is 0.417 e. The third-order valence-corrected chi connectivity index (χ3v) is 9.70. The molecule has 40 heavy (non-hydrogen) atoms. The number of hydrogen-bond donors (Lipinski definition) is 2. The second-order valence-electron chi connectivity index (χ2n) is 9.79. The Morgan fingerprint density at radius 3 is 2.45 bits per heavy atom. The minimum Gasteiger partial charge on any atom is -0.480 e. The first-order valence-electron chi connectivity index (χ1n) is 12.1. The number of sulfone groups is 1. The number of nitrogens with two attached hydrogens (primary N) is 1. The zero-order valence-electron chi connectivity index (χ0n) is 20.6. The molecule has 2 unspecified atom stereocenters. The van der Waals surface area contributed by atoms with Gasteiger partial charge < -0.3 is 10.8 Å². The van der Waals surface area contributed by atoms with Crippen molar-refractivity contribution in [1.82, 2.24) is 14.5 Å². The summed E-state index contributed by atoms with van der Waals surface area (Å²) in [6.45, 7) is -0.473. The Kier molecular flexibility index (Phi) is 6.47. The van der Waals surface area contributed by atoms with Crippen molar-refractivity contribution in [2.45, 2.75) is 41.2 Å². The molecule has 10 nitrogen and oxygen atoms in total. The highest BCUT2D eigenvalue weighted by Gasteiger charge is 2.66. The van der Waals surface area contributed by atoms with E-state index in [1.807, 2.05) is 0 Å². The normalized spacial score (nSPS) is 24.9. The van der Waals surface area contributed by atoms with Crippen molar-refractivity contribution in [3.8, 4) is 23.1 Å². The monoisotopic (exact) mass is 573 g/mol. The molecule has 1 amide bonds. The van der Waals surface area contributed by atoms with E-state index in [4.69, 9.17) is 5.73 Å². The molecule has 2 aliphatic rings. The Hall–Kier alpha value is -4.22. The fourth-order valence-electron chi connectivity index (χ4n) is 5.35. The van der Waals surface area contributed by atoms with Gasteiger partial charge in [-0.05, 0) is 31.0 Å². The van der Waals surface area contributed by atoms with Crippen molar-refractivity contribution in [3.05, 3.63) is 66.5 Å². The molecule has 14 heteroatoms. The van der Waals surface area contributed by atoms with Gasteiger partial charge >= 0.3 is 12.1 Å². The highest BCUT2D eigenvalue weighted by atomic mass is 32.2. The minimum atomic E-state index is -5.06. The van der Waals surface area contributed by atoms with E-state index < -0.39 is 74.1 Å². The summed E-state index contributed by atoms with van der Waals surface area (Å²) in [5.74, 6) is -2.04. The summed E-state index contributed by atoms with van der Waals surface area (Å²) < 4.78 is 71.5. The van der Waals surface area contributed by atoms with Crippen molar-refractivity contribution >= 4 is 21.7 Å². The number of amides is 1. The van der Waals surface area contributed by atoms with E-state index >= 15 is 0 Å². The van der Waals surface area contributed by atoms with E-state index in [9.17, 15) is 41.5 Å². The van der Waals surface area contributed by atoms with Gasteiger partial charge in [-0.15, -0.1) is 0 Å². The van der Waals surface area contributed by atoms with Crippen LogP contribution >= 0.6 is 0 Å². The van der Waals surface area contributed by atoms with Gasteiger partial charge in [0.15, 0.2) is 15.3 Å². The first kappa shape index (κ1) is 27.4. The number of aromatic nitrogens is 2. The molecule has 0 radical (unpaired) electrons. The van der Waals surface area contributed by atoms with Crippen molar-refractivity contribution in [2.75, 3.05) is 6.54 Å². The molecule has 0 spiro atoms. The van der Waals surface area contributed by atoms with Gasteiger partial charge in [-0.3, -0.25) is 19.1 Å². The quantitative estimate of drug-likeness (QED) is 0.436. The number of hydrogen-bond acceptors (Lipinski definition) is 7. The van der Waals surface area contributed by atoms with Gasteiger partial charge in [-0.25, -0.2) is 13.4 Å². The molecule has 1 aromatic heterocycles. The third kappa shape index (κ3) is 4.40. The Labute approximate surface area is 226 Å². The molecule has 208 valence electrons. The zero-order chi connectivity index (χ0) is 29.0. The predicted molar refractivity (Wildman–Crippen MR) is 133 cm³/mol. The number of imidazole rings is 1. The number of carbonyl (C=O) groups excluding carboxylic acids is 1. The van der Waals surface area contributed by atoms with E-state index in [0.29, 0.717) is 11.4 Å². The van der Waals surface area contributed by atoms with Gasteiger partial charge in [-0.1, -0.05) is 30.3 Å². The van der Waals surface area contributed by atoms with Crippen molar-refractivity contribution < 1.29 is 36.3 Å². The van der Waals surface area contributed by atoms with Gasteiger partial charge in [0.25, 0.3) is 0 Å². The number of carbonyl (C=O) groups is 2. The molecule has 5 rings (SSSR count). The van der Waals surface area contributed by atoms with Gasteiger partial charge in [0.1, 0.15) is 11.9 Å². The molecule has 2 aromatic carbocycles. The number of nitriles is 1. The largest absolute Gasteiger partial charge is 0.480 e. The van der Waals surface area contributed by atoms with Crippen LogP contribution in [0.15, 0.2) is 65.8 Å². The number of alkyl halides is 3. The number of rotatable bonds is 7. The van der Waals surface area contributed by atoms with Crippen molar-refractivity contribution in [2.24, 2.45) is 11.1 Å². The van der Waals surface area contributed by atoms with Crippen LogP contribution in [0.2, 0.25) is 0 Å². The lowest BCUT2D eigenvalue weighted by atomic mass is 10.1. The summed E-state index contributed by atoms with van der Waals surface area (Å²) in [4.78, 5) is 28.2. The lowest BCUT2D eigenvalue weighted by Crippen LogP contribution is -2.42. The number of likely N-dealkylation sites (tertiary alicyclic amines) is 1. The summed E-state index contributed by atoms with van der Waals surface area (Å²) >= 11 is 0. The van der Waals surface area contributed by atoms with E-state index in [0.717, 1.165) is 12.1 Å². The molecule has 4 atom stereocenters. The van der Waals surface area contributed by atoms with Gasteiger partial charge in [-0.2, -0.15) is 18.4 Å². The molecule has 1 saturated carbocycles. The Morgan fingerprint density at radius 2 is 1.88 bits per heavy atom. The van der Waals surface area contributed by atoms with Crippen LogP contribution in [-0.2, 0) is 25.6 Å². The van der Waals surface area contributed by atoms with Crippen molar-refractivity contribution in [3.63, 3.8) is 0 Å². The van der Waals surface area contributed by atoms with E-state index in [2.05, 4.69) is 4.98 Å². The first-order chi connectivity index (χ1) is 18.8. The number of carboxylic acids is 1. The highest BCUT2D eigenvalue weighted by Crippen LogP contribution is 2.52. The number of primary amides is 1. The average Bonchev–Trinajstić information content (AvgIpc) is 3.24. The smallest absolute Gasteiger partial charge is 0.417 e. The summed E-state index contributed by atoms with van der Waals surface area (Å²) in [5, 5.41) is 17.6. The van der Waals surface area contributed by atoms with Crippen LogP contribution in [0.25, 0.3) is 17.1 Å². The zero-order valence-corrected chi connectivity index (χ0v) is 21.4. The van der Waals surface area contributed by atoms with Crippen LogP contribution in [0.4, 0.5) is 13.2 Å². The second kappa shape index (κ2) is 9.46. The van der Waals surface area contributed by atoms with E-state index in [1.54, 1.807) is 36.4 Å². The molecule has 2 heterocycles. The molecule has 1 aliphatic heterocycles. The fourth-order valence-corrected chi connectivity index (χ4v) is 7.25. The lowest BCUT2D eigenvalue weighted by Gasteiger charge is -2.22. The highest BCUT2D eigenvalue weighted by molar-refractivity contribution is 7.92. The maximum atomic E-state index is 14.3. The maximum absolute atomic E-state index is 14.3. The molecule has 1 aliphatic carbocycles. The molecular weight excluding hydrogens is 551 g/mol. The number of halogens is 3. The van der Waals surface area contributed by atoms with Crippen LogP contribution in [0.5, 0.6) is 0 Å². The van der Waals surface area contributed by atoms with Gasteiger partial charge in [0, 0.05) is 36.2 Å². The Bertz CT molecular complexity index is 1650. The summed E-state index contributed by atoms with van der Waals surface area (Å²) in [7, 11) is -4.72. The Morgan fingerprint density at radius 1 is 1.18 bits per heavy atom. The Balaban J connectivity index is 1.53. The molecule has 2 fully saturated rings. The number of nitrogens with zero attached hydrogens (tertiary/aromatic N) is 4. The van der Waals surface area contributed by atoms with Crippen LogP contribution in [0.1, 0.15) is 18.4 Å². The topological polar surface area (TPSA) is 159 Å². The summed E-state index contributed by atoms with van der Waals surface area (Å²) in [6, 6.07) is 10.9. The van der Waals surface area contributed by atoms with Crippen molar-refractivity contribution in [1.29, 1.82) is 5.26 Å². The van der Waals surface area contributed by atoms with Crippen LogP contribution in [0.3, 0.4) is 0 Å². The SMILES string of the molecule is N#CC1(C(N)=O)CC1N1C[C@H](S(=O)(=O)c2ccc(-n3ccnc3-c3ccccc3)cc2C(F)(F)F)C[C@H]1C(=O)O. The first-order valence-corrected chi connectivity index (χ1v) is 13.6. The molecule has 0 bridgehead atoms. The van der Waals surface area contributed by atoms with Crippen LogP contribution in [0, 0.1) is 16.7 Å². The predicted octanol–water partition coefficient (Wildman–Crippen LogP) is 2.63. The minimum absolute atomic E-state index is 0.0253. The third-order valence-electron chi connectivity index (χ3n) is 7.51. The second-order valence-corrected chi connectivity index (χ2v) is 12.0. The fraction of sp³-hybridized carbons (Fsp3) is 0.308. The number of aliphatic carboxylic acids is 1. The number of carboxylic acid groups (broad SMARTS) is 1.